The highest BCUT2D eigenvalue weighted by molar-refractivity contribution is 5.78. The molecule has 5 heteroatoms. The first-order chi connectivity index (χ1) is 9.57. The summed E-state index contributed by atoms with van der Waals surface area (Å²) >= 11 is 0. The number of likely N-dealkylation sites (N-methyl/N-ethyl adjacent to an activating group) is 1. The Balaban J connectivity index is 2.42. The van der Waals surface area contributed by atoms with Gasteiger partial charge in [-0.25, -0.2) is 0 Å². The molecular weight excluding hydrogens is 256 g/mol. The SMILES string of the molecule is CCNC(CC)(CCCN1CCOC(CC)C1)C(=O)O. The second-order valence-corrected chi connectivity index (χ2v) is 5.58. The summed E-state index contributed by atoms with van der Waals surface area (Å²) in [5, 5.41) is 12.6. The van der Waals surface area contributed by atoms with Gasteiger partial charge in [0, 0.05) is 13.1 Å². The number of ether oxygens (including phenoxy) is 1. The number of aliphatic carboxylic acids is 1. The van der Waals surface area contributed by atoms with Crippen LogP contribution in [0.5, 0.6) is 0 Å². The van der Waals surface area contributed by atoms with Gasteiger partial charge < -0.3 is 15.2 Å². The summed E-state index contributed by atoms with van der Waals surface area (Å²) in [5.74, 6) is -0.727. The average molecular weight is 286 g/mol. The van der Waals surface area contributed by atoms with Crippen molar-refractivity contribution in [3.63, 3.8) is 0 Å². The first-order valence-corrected chi connectivity index (χ1v) is 7.90. The zero-order chi connectivity index (χ0) is 15.0. The number of nitrogens with zero attached hydrogens (tertiary/aromatic N) is 1. The van der Waals surface area contributed by atoms with Gasteiger partial charge in [0.2, 0.25) is 0 Å². The standard InChI is InChI=1S/C15H30N2O3/c1-4-13-12-17(10-11-20-13)9-7-8-15(5-2,14(18)19)16-6-3/h13,16H,4-12H2,1-3H3,(H,18,19). The van der Waals surface area contributed by atoms with E-state index in [1.807, 2.05) is 13.8 Å². The summed E-state index contributed by atoms with van der Waals surface area (Å²) in [6.07, 6.45) is 3.59. The number of carboxylic acids is 1. The summed E-state index contributed by atoms with van der Waals surface area (Å²) in [6, 6.07) is 0. The maximum absolute atomic E-state index is 11.5. The van der Waals surface area contributed by atoms with Gasteiger partial charge in [-0.05, 0) is 38.8 Å². The molecule has 0 aromatic carbocycles. The van der Waals surface area contributed by atoms with Gasteiger partial charge in [0.05, 0.1) is 12.7 Å². The van der Waals surface area contributed by atoms with Gasteiger partial charge in [-0.3, -0.25) is 9.69 Å². The number of rotatable bonds is 9. The van der Waals surface area contributed by atoms with Crippen LogP contribution in [-0.2, 0) is 9.53 Å². The fraction of sp³-hybridized carbons (Fsp3) is 0.933. The Morgan fingerprint density at radius 3 is 2.75 bits per heavy atom. The molecule has 1 rings (SSSR count). The van der Waals surface area contributed by atoms with Crippen LogP contribution in [0.25, 0.3) is 0 Å². The Labute approximate surface area is 122 Å². The highest BCUT2D eigenvalue weighted by atomic mass is 16.5. The molecule has 5 nitrogen and oxygen atoms in total. The Bertz CT molecular complexity index is 299. The van der Waals surface area contributed by atoms with E-state index in [1.165, 1.54) is 0 Å². The van der Waals surface area contributed by atoms with Crippen LogP contribution in [0.15, 0.2) is 0 Å². The Morgan fingerprint density at radius 2 is 2.20 bits per heavy atom. The lowest BCUT2D eigenvalue weighted by Crippen LogP contribution is -2.52. The topological polar surface area (TPSA) is 61.8 Å². The number of carbonyl (C=O) groups is 1. The molecule has 0 amide bonds. The summed E-state index contributed by atoms with van der Waals surface area (Å²) in [7, 11) is 0. The van der Waals surface area contributed by atoms with Gasteiger partial charge in [0.15, 0.2) is 0 Å². The highest BCUT2D eigenvalue weighted by Crippen LogP contribution is 2.19. The lowest BCUT2D eigenvalue weighted by molar-refractivity contribution is -0.145. The quantitative estimate of drug-likeness (QED) is 0.676. The van der Waals surface area contributed by atoms with E-state index in [0.717, 1.165) is 39.1 Å². The van der Waals surface area contributed by atoms with Crippen LogP contribution in [0.2, 0.25) is 0 Å². The van der Waals surface area contributed by atoms with Crippen molar-refractivity contribution in [3.05, 3.63) is 0 Å². The smallest absolute Gasteiger partial charge is 0.323 e. The molecule has 2 unspecified atom stereocenters. The second-order valence-electron chi connectivity index (χ2n) is 5.58. The summed E-state index contributed by atoms with van der Waals surface area (Å²) < 4.78 is 5.65. The van der Waals surface area contributed by atoms with Crippen LogP contribution in [0.3, 0.4) is 0 Å². The molecule has 1 heterocycles. The van der Waals surface area contributed by atoms with Crippen molar-refractivity contribution in [2.75, 3.05) is 32.8 Å². The minimum atomic E-state index is -0.759. The highest BCUT2D eigenvalue weighted by Gasteiger charge is 2.35. The number of morpholine rings is 1. The fourth-order valence-electron chi connectivity index (χ4n) is 2.90. The molecule has 20 heavy (non-hydrogen) atoms. The van der Waals surface area contributed by atoms with Gasteiger partial charge in [-0.15, -0.1) is 0 Å². The van der Waals surface area contributed by atoms with E-state index in [0.29, 0.717) is 25.5 Å². The molecule has 1 aliphatic heterocycles. The monoisotopic (exact) mass is 286 g/mol. The van der Waals surface area contributed by atoms with Crippen molar-refractivity contribution < 1.29 is 14.6 Å². The summed E-state index contributed by atoms with van der Waals surface area (Å²) in [5.41, 5.74) is -0.759. The molecular formula is C15H30N2O3. The zero-order valence-electron chi connectivity index (χ0n) is 13.2. The Kier molecular flexibility index (Phi) is 7.48. The van der Waals surface area contributed by atoms with E-state index in [9.17, 15) is 9.90 Å². The molecule has 0 bridgehead atoms. The minimum absolute atomic E-state index is 0.341. The van der Waals surface area contributed by atoms with Crippen molar-refractivity contribution in [3.8, 4) is 0 Å². The fourth-order valence-corrected chi connectivity index (χ4v) is 2.90. The first kappa shape index (κ1) is 17.4. The van der Waals surface area contributed by atoms with E-state index in [-0.39, 0.29) is 0 Å². The van der Waals surface area contributed by atoms with E-state index < -0.39 is 11.5 Å². The van der Waals surface area contributed by atoms with Crippen LogP contribution in [0.1, 0.15) is 46.5 Å². The Hall–Kier alpha value is -0.650. The lowest BCUT2D eigenvalue weighted by atomic mass is 9.90. The Morgan fingerprint density at radius 1 is 1.45 bits per heavy atom. The van der Waals surface area contributed by atoms with Crippen LogP contribution in [0, 0.1) is 0 Å². The van der Waals surface area contributed by atoms with Crippen molar-refractivity contribution in [1.29, 1.82) is 0 Å². The molecule has 1 saturated heterocycles. The lowest BCUT2D eigenvalue weighted by Gasteiger charge is -2.34. The van der Waals surface area contributed by atoms with E-state index in [1.54, 1.807) is 0 Å². The summed E-state index contributed by atoms with van der Waals surface area (Å²) in [6.45, 7) is 10.4. The molecule has 0 saturated carbocycles. The first-order valence-electron chi connectivity index (χ1n) is 7.90. The van der Waals surface area contributed by atoms with Crippen LogP contribution in [0.4, 0.5) is 0 Å². The molecule has 2 N–H and O–H groups in total. The van der Waals surface area contributed by atoms with Gasteiger partial charge in [-0.2, -0.15) is 0 Å². The van der Waals surface area contributed by atoms with Crippen molar-refractivity contribution >= 4 is 5.97 Å². The summed E-state index contributed by atoms with van der Waals surface area (Å²) in [4.78, 5) is 13.9. The van der Waals surface area contributed by atoms with Gasteiger partial charge >= 0.3 is 5.97 Å². The van der Waals surface area contributed by atoms with Crippen molar-refractivity contribution in [2.24, 2.45) is 0 Å². The maximum Gasteiger partial charge on any atom is 0.323 e. The van der Waals surface area contributed by atoms with Crippen molar-refractivity contribution in [1.82, 2.24) is 10.2 Å². The third-order valence-electron chi connectivity index (χ3n) is 4.28. The molecule has 1 aliphatic rings. The molecule has 0 aliphatic carbocycles. The van der Waals surface area contributed by atoms with E-state index >= 15 is 0 Å². The molecule has 118 valence electrons. The minimum Gasteiger partial charge on any atom is -0.480 e. The second kappa shape index (κ2) is 8.60. The van der Waals surface area contributed by atoms with Crippen molar-refractivity contribution in [2.45, 2.75) is 58.1 Å². The van der Waals surface area contributed by atoms with Gasteiger partial charge in [0.1, 0.15) is 5.54 Å². The number of nitrogens with one attached hydrogen (secondary N) is 1. The number of carboxylic acid groups (broad SMARTS) is 1. The largest absolute Gasteiger partial charge is 0.480 e. The molecule has 0 aromatic rings. The third-order valence-corrected chi connectivity index (χ3v) is 4.28. The normalized spacial score (nSPS) is 23.4. The predicted octanol–water partition coefficient (Wildman–Crippen LogP) is 1.72. The van der Waals surface area contributed by atoms with E-state index in [4.69, 9.17) is 4.74 Å². The number of hydrogen-bond acceptors (Lipinski definition) is 4. The molecule has 2 atom stereocenters. The third kappa shape index (κ3) is 4.72. The predicted molar refractivity (Wildman–Crippen MR) is 80.0 cm³/mol. The van der Waals surface area contributed by atoms with Gasteiger partial charge in [0.25, 0.3) is 0 Å². The van der Waals surface area contributed by atoms with E-state index in [2.05, 4.69) is 17.1 Å². The molecule has 1 fully saturated rings. The van der Waals surface area contributed by atoms with Crippen LogP contribution >= 0.6 is 0 Å². The molecule has 0 aromatic heterocycles. The van der Waals surface area contributed by atoms with Crippen LogP contribution in [-0.4, -0.2) is 60.4 Å². The zero-order valence-corrected chi connectivity index (χ0v) is 13.2. The van der Waals surface area contributed by atoms with Crippen LogP contribution < -0.4 is 5.32 Å². The molecule has 0 spiro atoms. The average Bonchev–Trinajstić information content (AvgIpc) is 2.46. The van der Waals surface area contributed by atoms with Gasteiger partial charge in [-0.1, -0.05) is 20.8 Å². The maximum atomic E-state index is 11.5. The molecule has 0 radical (unpaired) electrons. The number of hydrogen-bond donors (Lipinski definition) is 2.